The van der Waals surface area contributed by atoms with E-state index in [4.69, 9.17) is 21.3 Å². The molecule has 2 aromatic carbocycles. The molecule has 0 bridgehead atoms. The lowest BCUT2D eigenvalue weighted by Crippen LogP contribution is -2.16. The molecule has 0 aliphatic carbocycles. The highest BCUT2D eigenvalue weighted by Crippen LogP contribution is 2.31. The van der Waals surface area contributed by atoms with Crippen LogP contribution in [0.2, 0.25) is 5.02 Å². The number of rotatable bonds is 4. The van der Waals surface area contributed by atoms with Gasteiger partial charge in [0.15, 0.2) is 5.65 Å². The van der Waals surface area contributed by atoms with Gasteiger partial charge >= 0.3 is 0 Å². The van der Waals surface area contributed by atoms with Crippen LogP contribution in [0.3, 0.4) is 0 Å². The molecule has 0 saturated carbocycles. The van der Waals surface area contributed by atoms with Gasteiger partial charge in [-0.15, -0.1) is 0 Å². The monoisotopic (exact) mass is 406 g/mol. The SMILES string of the molecule is COc1cccc(Nc2cc(C(C)(C)C)nc3c(-c4ccc(Cl)cc4)cnn23)c1. The minimum atomic E-state index is -0.117. The van der Waals surface area contributed by atoms with Gasteiger partial charge in [-0.1, -0.05) is 50.6 Å². The molecule has 0 amide bonds. The number of methoxy groups -OCH3 is 1. The molecule has 6 heteroatoms. The maximum Gasteiger partial charge on any atom is 0.165 e. The normalized spacial score (nSPS) is 11.6. The van der Waals surface area contributed by atoms with Crippen LogP contribution in [0.1, 0.15) is 26.5 Å². The summed E-state index contributed by atoms with van der Waals surface area (Å²) in [5.74, 6) is 1.63. The minimum absolute atomic E-state index is 0.117. The number of nitrogens with zero attached hydrogens (tertiary/aromatic N) is 3. The predicted molar refractivity (Wildman–Crippen MR) is 118 cm³/mol. The van der Waals surface area contributed by atoms with E-state index in [1.165, 1.54) is 0 Å². The summed E-state index contributed by atoms with van der Waals surface area (Å²) in [5, 5.41) is 8.78. The van der Waals surface area contributed by atoms with Gasteiger partial charge in [0.1, 0.15) is 11.6 Å². The lowest BCUT2D eigenvalue weighted by atomic mass is 9.92. The van der Waals surface area contributed by atoms with Crippen molar-refractivity contribution in [3.63, 3.8) is 0 Å². The summed E-state index contributed by atoms with van der Waals surface area (Å²) in [5.41, 5.74) is 4.56. The molecule has 0 saturated heterocycles. The zero-order chi connectivity index (χ0) is 20.6. The summed E-state index contributed by atoms with van der Waals surface area (Å²) in [6, 6.07) is 17.6. The van der Waals surface area contributed by atoms with Crippen molar-refractivity contribution in [3.8, 4) is 16.9 Å². The third kappa shape index (κ3) is 3.91. The van der Waals surface area contributed by atoms with Gasteiger partial charge in [-0.3, -0.25) is 0 Å². The van der Waals surface area contributed by atoms with Crippen molar-refractivity contribution >= 4 is 28.8 Å². The fraction of sp³-hybridized carbons (Fsp3) is 0.217. The van der Waals surface area contributed by atoms with Crippen molar-refractivity contribution in [1.29, 1.82) is 0 Å². The zero-order valence-corrected chi connectivity index (χ0v) is 17.7. The second kappa shape index (κ2) is 7.41. The van der Waals surface area contributed by atoms with Crippen LogP contribution in [0.4, 0.5) is 11.5 Å². The highest BCUT2D eigenvalue weighted by Gasteiger charge is 2.21. The number of hydrogen-bond acceptors (Lipinski definition) is 4. The molecule has 0 fully saturated rings. The number of anilines is 2. The lowest BCUT2D eigenvalue weighted by Gasteiger charge is -2.20. The number of aromatic nitrogens is 3. The van der Waals surface area contributed by atoms with Crippen molar-refractivity contribution in [1.82, 2.24) is 14.6 Å². The number of halogens is 1. The van der Waals surface area contributed by atoms with Crippen LogP contribution in [0, 0.1) is 0 Å². The van der Waals surface area contributed by atoms with Crippen LogP contribution in [0.25, 0.3) is 16.8 Å². The number of benzene rings is 2. The van der Waals surface area contributed by atoms with E-state index in [9.17, 15) is 0 Å². The molecule has 4 rings (SSSR count). The van der Waals surface area contributed by atoms with Crippen LogP contribution in [0.15, 0.2) is 60.8 Å². The van der Waals surface area contributed by atoms with E-state index in [-0.39, 0.29) is 5.41 Å². The quantitative estimate of drug-likeness (QED) is 0.445. The first-order chi connectivity index (χ1) is 13.8. The Morgan fingerprint density at radius 2 is 1.79 bits per heavy atom. The van der Waals surface area contributed by atoms with Gasteiger partial charge in [0.2, 0.25) is 0 Å². The van der Waals surface area contributed by atoms with Gasteiger partial charge < -0.3 is 10.1 Å². The Morgan fingerprint density at radius 1 is 1.03 bits per heavy atom. The summed E-state index contributed by atoms with van der Waals surface area (Å²) < 4.78 is 7.18. The largest absolute Gasteiger partial charge is 0.497 e. The Hall–Kier alpha value is -3.05. The van der Waals surface area contributed by atoms with Crippen molar-refractivity contribution in [2.24, 2.45) is 0 Å². The van der Waals surface area contributed by atoms with Gasteiger partial charge in [0.05, 0.1) is 19.0 Å². The molecular formula is C23H23ClN4O. The highest BCUT2D eigenvalue weighted by molar-refractivity contribution is 6.30. The second-order valence-corrected chi connectivity index (χ2v) is 8.37. The molecule has 4 aromatic rings. The molecule has 0 aliphatic heterocycles. The van der Waals surface area contributed by atoms with Gasteiger partial charge in [-0.2, -0.15) is 9.61 Å². The van der Waals surface area contributed by atoms with Crippen LogP contribution in [0.5, 0.6) is 5.75 Å². The molecule has 29 heavy (non-hydrogen) atoms. The van der Waals surface area contributed by atoms with Gasteiger partial charge in [-0.05, 0) is 29.8 Å². The highest BCUT2D eigenvalue weighted by atomic mass is 35.5. The molecule has 0 aliphatic rings. The van der Waals surface area contributed by atoms with Crippen molar-refractivity contribution in [3.05, 3.63) is 71.5 Å². The summed E-state index contributed by atoms with van der Waals surface area (Å²) in [7, 11) is 1.66. The van der Waals surface area contributed by atoms with E-state index < -0.39 is 0 Å². The van der Waals surface area contributed by atoms with Crippen LogP contribution >= 0.6 is 11.6 Å². The molecular weight excluding hydrogens is 384 g/mol. The summed E-state index contributed by atoms with van der Waals surface area (Å²) in [4.78, 5) is 4.94. The number of hydrogen-bond donors (Lipinski definition) is 1. The van der Waals surface area contributed by atoms with Crippen molar-refractivity contribution < 1.29 is 4.74 Å². The van der Waals surface area contributed by atoms with Crippen molar-refractivity contribution in [2.45, 2.75) is 26.2 Å². The Labute approximate surface area is 175 Å². The number of nitrogens with one attached hydrogen (secondary N) is 1. The number of fused-ring (bicyclic) bond motifs is 1. The molecule has 1 N–H and O–H groups in total. The van der Waals surface area contributed by atoms with E-state index in [1.807, 2.05) is 65.3 Å². The third-order valence-corrected chi connectivity index (χ3v) is 4.99. The van der Waals surface area contributed by atoms with Gasteiger partial charge in [0.25, 0.3) is 0 Å². The zero-order valence-electron chi connectivity index (χ0n) is 16.9. The van der Waals surface area contributed by atoms with Crippen LogP contribution < -0.4 is 10.1 Å². The third-order valence-electron chi connectivity index (χ3n) is 4.74. The molecule has 148 valence electrons. The molecule has 2 aromatic heterocycles. The molecule has 0 unspecified atom stereocenters. The second-order valence-electron chi connectivity index (χ2n) is 7.93. The number of ether oxygens (including phenoxy) is 1. The average Bonchev–Trinajstić information content (AvgIpc) is 3.12. The van der Waals surface area contributed by atoms with Crippen molar-refractivity contribution in [2.75, 3.05) is 12.4 Å². The molecule has 0 radical (unpaired) electrons. The van der Waals surface area contributed by atoms with E-state index in [0.29, 0.717) is 5.02 Å². The molecule has 0 atom stereocenters. The standard InChI is InChI=1S/C23H23ClN4O/c1-23(2,3)20-13-21(26-17-6-5-7-18(12-17)29-4)28-22(27-20)19(14-25-28)15-8-10-16(24)11-9-15/h5-14,26H,1-4H3. The smallest absolute Gasteiger partial charge is 0.165 e. The van der Waals surface area contributed by atoms with E-state index in [0.717, 1.165) is 39.7 Å². The summed E-state index contributed by atoms with van der Waals surface area (Å²) in [6.07, 6.45) is 1.84. The predicted octanol–water partition coefficient (Wildman–Crippen LogP) is 6.10. The molecule has 2 heterocycles. The van der Waals surface area contributed by atoms with E-state index >= 15 is 0 Å². The summed E-state index contributed by atoms with van der Waals surface area (Å²) >= 11 is 6.06. The Balaban J connectivity index is 1.88. The minimum Gasteiger partial charge on any atom is -0.497 e. The Kier molecular flexibility index (Phi) is 4.92. The fourth-order valence-corrected chi connectivity index (χ4v) is 3.24. The van der Waals surface area contributed by atoms with E-state index in [1.54, 1.807) is 7.11 Å². The van der Waals surface area contributed by atoms with Gasteiger partial charge in [-0.25, -0.2) is 4.98 Å². The van der Waals surface area contributed by atoms with Gasteiger partial charge in [0, 0.05) is 33.8 Å². The molecule has 0 spiro atoms. The Bertz CT molecular complexity index is 1160. The maximum atomic E-state index is 6.06. The Morgan fingerprint density at radius 3 is 2.48 bits per heavy atom. The summed E-state index contributed by atoms with van der Waals surface area (Å²) in [6.45, 7) is 6.46. The first-order valence-corrected chi connectivity index (χ1v) is 9.79. The fourth-order valence-electron chi connectivity index (χ4n) is 3.12. The maximum absolute atomic E-state index is 6.06. The van der Waals surface area contributed by atoms with Crippen LogP contribution in [-0.4, -0.2) is 21.7 Å². The topological polar surface area (TPSA) is 51.5 Å². The molecule has 5 nitrogen and oxygen atoms in total. The lowest BCUT2D eigenvalue weighted by molar-refractivity contribution is 0.415. The first kappa shape index (κ1) is 19.3. The van der Waals surface area contributed by atoms with Crippen LogP contribution in [-0.2, 0) is 5.41 Å². The van der Waals surface area contributed by atoms with E-state index in [2.05, 4.69) is 31.2 Å². The average molecular weight is 407 g/mol. The first-order valence-electron chi connectivity index (χ1n) is 9.41.